The van der Waals surface area contributed by atoms with E-state index in [4.69, 9.17) is 11.6 Å². The minimum absolute atomic E-state index is 0.532. The second-order valence-corrected chi connectivity index (χ2v) is 4.46. The summed E-state index contributed by atoms with van der Waals surface area (Å²) in [7, 11) is 0. The molecule has 3 rings (SSSR count). The van der Waals surface area contributed by atoms with Crippen LogP contribution >= 0.6 is 11.6 Å². The fourth-order valence-corrected chi connectivity index (χ4v) is 2.51. The SMILES string of the molecule is Clc1ncnc2c1ccn2C1CCNCC1. The highest BCUT2D eigenvalue weighted by molar-refractivity contribution is 6.33. The lowest BCUT2D eigenvalue weighted by Gasteiger charge is -2.24. The number of aromatic nitrogens is 3. The van der Waals surface area contributed by atoms with Crippen LogP contribution in [-0.2, 0) is 0 Å². The number of halogens is 1. The molecule has 0 unspecified atom stereocenters. The van der Waals surface area contributed by atoms with Crippen molar-refractivity contribution in [1.29, 1.82) is 0 Å². The van der Waals surface area contributed by atoms with Crippen molar-refractivity contribution in [3.63, 3.8) is 0 Å². The van der Waals surface area contributed by atoms with Crippen LogP contribution < -0.4 is 5.32 Å². The standard InChI is InChI=1S/C11H13ClN4/c12-10-9-3-6-16(11(9)15-7-14-10)8-1-4-13-5-2-8/h3,6-8,13H,1-2,4-5H2. The first-order valence-electron chi connectivity index (χ1n) is 5.54. The van der Waals surface area contributed by atoms with Crippen LogP contribution in [0.5, 0.6) is 0 Å². The van der Waals surface area contributed by atoms with Gasteiger partial charge in [-0.05, 0) is 32.0 Å². The quantitative estimate of drug-likeness (QED) is 0.771. The molecule has 0 atom stereocenters. The Balaban J connectivity index is 2.06. The summed E-state index contributed by atoms with van der Waals surface area (Å²) < 4.78 is 2.23. The van der Waals surface area contributed by atoms with Crippen LogP contribution in [-0.4, -0.2) is 27.6 Å². The monoisotopic (exact) mass is 236 g/mol. The van der Waals surface area contributed by atoms with Crippen molar-refractivity contribution in [3.05, 3.63) is 23.7 Å². The molecule has 0 radical (unpaired) electrons. The number of hydrogen-bond acceptors (Lipinski definition) is 3. The van der Waals surface area contributed by atoms with Gasteiger partial charge in [-0.25, -0.2) is 9.97 Å². The van der Waals surface area contributed by atoms with Gasteiger partial charge in [-0.15, -0.1) is 0 Å². The van der Waals surface area contributed by atoms with E-state index >= 15 is 0 Å². The molecule has 1 saturated heterocycles. The van der Waals surface area contributed by atoms with Gasteiger partial charge < -0.3 is 9.88 Å². The molecule has 16 heavy (non-hydrogen) atoms. The highest BCUT2D eigenvalue weighted by Crippen LogP contribution is 2.26. The number of fused-ring (bicyclic) bond motifs is 1. The van der Waals surface area contributed by atoms with E-state index in [0.29, 0.717) is 11.2 Å². The molecule has 1 aliphatic rings. The normalized spacial score (nSPS) is 18.1. The number of nitrogens with one attached hydrogen (secondary N) is 1. The zero-order chi connectivity index (χ0) is 11.0. The molecule has 84 valence electrons. The molecule has 0 bridgehead atoms. The summed E-state index contributed by atoms with van der Waals surface area (Å²) in [5.74, 6) is 0. The van der Waals surface area contributed by atoms with Gasteiger partial charge in [0.05, 0.1) is 5.39 Å². The van der Waals surface area contributed by atoms with E-state index in [2.05, 4.69) is 26.0 Å². The Labute approximate surface area is 98.6 Å². The molecule has 0 aromatic carbocycles. The van der Waals surface area contributed by atoms with Gasteiger partial charge >= 0.3 is 0 Å². The fraction of sp³-hybridized carbons (Fsp3) is 0.455. The topological polar surface area (TPSA) is 42.7 Å². The van der Waals surface area contributed by atoms with Gasteiger partial charge in [0.2, 0.25) is 0 Å². The molecule has 3 heterocycles. The van der Waals surface area contributed by atoms with Crippen LogP contribution in [0.25, 0.3) is 11.0 Å². The van der Waals surface area contributed by atoms with Crippen molar-refractivity contribution >= 4 is 22.6 Å². The second kappa shape index (κ2) is 4.03. The first-order chi connectivity index (χ1) is 7.86. The van der Waals surface area contributed by atoms with Crippen LogP contribution in [0.4, 0.5) is 0 Å². The zero-order valence-corrected chi connectivity index (χ0v) is 9.61. The molecule has 2 aromatic rings. The van der Waals surface area contributed by atoms with Crippen molar-refractivity contribution in [2.75, 3.05) is 13.1 Å². The highest BCUT2D eigenvalue weighted by Gasteiger charge is 2.17. The summed E-state index contributed by atoms with van der Waals surface area (Å²) in [6, 6.07) is 2.53. The lowest BCUT2D eigenvalue weighted by atomic mass is 10.1. The number of hydrogen-bond donors (Lipinski definition) is 1. The zero-order valence-electron chi connectivity index (χ0n) is 8.86. The van der Waals surface area contributed by atoms with Gasteiger partial charge in [0.15, 0.2) is 0 Å². The lowest BCUT2D eigenvalue weighted by Crippen LogP contribution is -2.29. The maximum atomic E-state index is 6.03. The average Bonchev–Trinajstić information content (AvgIpc) is 2.75. The molecule has 0 spiro atoms. The largest absolute Gasteiger partial charge is 0.329 e. The van der Waals surface area contributed by atoms with Gasteiger partial charge in [0.1, 0.15) is 17.1 Å². The Bertz CT molecular complexity index is 502. The average molecular weight is 237 g/mol. The van der Waals surface area contributed by atoms with E-state index in [1.54, 1.807) is 0 Å². The molecule has 4 nitrogen and oxygen atoms in total. The summed E-state index contributed by atoms with van der Waals surface area (Å²) in [4.78, 5) is 8.32. The van der Waals surface area contributed by atoms with E-state index in [1.807, 2.05) is 6.07 Å². The Kier molecular flexibility index (Phi) is 2.53. The molecular weight excluding hydrogens is 224 g/mol. The Hall–Kier alpha value is -1.13. The minimum Gasteiger partial charge on any atom is -0.329 e. The molecule has 0 saturated carbocycles. The summed E-state index contributed by atoms with van der Waals surface area (Å²) in [5.41, 5.74) is 0.951. The fourth-order valence-electron chi connectivity index (χ4n) is 2.32. The van der Waals surface area contributed by atoms with Gasteiger partial charge in [0.25, 0.3) is 0 Å². The van der Waals surface area contributed by atoms with Gasteiger partial charge in [-0.1, -0.05) is 11.6 Å². The van der Waals surface area contributed by atoms with Crippen LogP contribution in [0.1, 0.15) is 18.9 Å². The summed E-state index contributed by atoms with van der Waals surface area (Å²) in [6.45, 7) is 2.15. The maximum absolute atomic E-state index is 6.03. The third-order valence-electron chi connectivity index (χ3n) is 3.16. The van der Waals surface area contributed by atoms with Gasteiger partial charge in [0, 0.05) is 12.2 Å². The first kappa shape index (κ1) is 10.1. The van der Waals surface area contributed by atoms with Crippen molar-refractivity contribution < 1.29 is 0 Å². The Morgan fingerprint density at radius 3 is 2.94 bits per heavy atom. The number of nitrogens with zero attached hydrogens (tertiary/aromatic N) is 3. The Morgan fingerprint density at radius 1 is 1.31 bits per heavy atom. The number of piperidine rings is 1. The third kappa shape index (κ3) is 1.58. The maximum Gasteiger partial charge on any atom is 0.145 e. The van der Waals surface area contributed by atoms with E-state index < -0.39 is 0 Å². The summed E-state index contributed by atoms with van der Waals surface area (Å²) >= 11 is 6.03. The minimum atomic E-state index is 0.532. The van der Waals surface area contributed by atoms with Gasteiger partial charge in [-0.3, -0.25) is 0 Å². The molecule has 5 heteroatoms. The second-order valence-electron chi connectivity index (χ2n) is 4.11. The molecule has 1 fully saturated rings. The van der Waals surface area contributed by atoms with Crippen molar-refractivity contribution in [1.82, 2.24) is 19.9 Å². The molecular formula is C11H13ClN4. The lowest BCUT2D eigenvalue weighted by molar-refractivity contribution is 0.375. The molecule has 1 aliphatic heterocycles. The smallest absolute Gasteiger partial charge is 0.145 e. The van der Waals surface area contributed by atoms with E-state index in [-0.39, 0.29) is 0 Å². The van der Waals surface area contributed by atoms with Gasteiger partial charge in [-0.2, -0.15) is 0 Å². The molecule has 2 aromatic heterocycles. The van der Waals surface area contributed by atoms with E-state index in [9.17, 15) is 0 Å². The third-order valence-corrected chi connectivity index (χ3v) is 3.46. The summed E-state index contributed by atoms with van der Waals surface area (Å²) in [5, 5.41) is 4.85. The molecule has 0 aliphatic carbocycles. The van der Waals surface area contributed by atoms with Crippen molar-refractivity contribution in [2.45, 2.75) is 18.9 Å². The van der Waals surface area contributed by atoms with Crippen LogP contribution in [0.3, 0.4) is 0 Å². The predicted octanol–water partition coefficient (Wildman–Crippen LogP) is 2.01. The molecule has 1 N–H and O–H groups in total. The number of rotatable bonds is 1. The Morgan fingerprint density at radius 2 is 2.12 bits per heavy atom. The van der Waals surface area contributed by atoms with Crippen molar-refractivity contribution in [2.24, 2.45) is 0 Å². The highest BCUT2D eigenvalue weighted by atomic mass is 35.5. The molecule has 0 amide bonds. The van der Waals surface area contributed by atoms with Crippen molar-refractivity contribution in [3.8, 4) is 0 Å². The first-order valence-corrected chi connectivity index (χ1v) is 5.92. The predicted molar refractivity (Wildman–Crippen MR) is 63.7 cm³/mol. The van der Waals surface area contributed by atoms with E-state index in [0.717, 1.165) is 37.0 Å². The van der Waals surface area contributed by atoms with E-state index in [1.165, 1.54) is 6.33 Å². The summed E-state index contributed by atoms with van der Waals surface area (Å²) in [6.07, 6.45) is 5.89. The van der Waals surface area contributed by atoms with Crippen LogP contribution in [0.15, 0.2) is 18.6 Å². The van der Waals surface area contributed by atoms with Crippen LogP contribution in [0, 0.1) is 0 Å². The van der Waals surface area contributed by atoms with Crippen LogP contribution in [0.2, 0.25) is 5.15 Å².